The van der Waals surface area contributed by atoms with Gasteiger partial charge in [-0.1, -0.05) is 12.1 Å². The highest BCUT2D eigenvalue weighted by Crippen LogP contribution is 2.30. The third-order valence-electron chi connectivity index (χ3n) is 3.52. The van der Waals surface area contributed by atoms with E-state index in [9.17, 15) is 0 Å². The van der Waals surface area contributed by atoms with E-state index in [0.717, 1.165) is 37.1 Å². The minimum Gasteiger partial charge on any atom is -0.489 e. The molecule has 0 aromatic heterocycles. The van der Waals surface area contributed by atoms with Crippen molar-refractivity contribution in [2.75, 3.05) is 5.32 Å². The number of ether oxygens (including phenoxy) is 1. The Morgan fingerprint density at radius 1 is 1.21 bits per heavy atom. The van der Waals surface area contributed by atoms with Crippen molar-refractivity contribution in [2.24, 2.45) is 5.92 Å². The number of rotatable bonds is 4. The molecule has 1 aromatic carbocycles. The van der Waals surface area contributed by atoms with Crippen LogP contribution in [-0.2, 0) is 0 Å². The fourth-order valence-corrected chi connectivity index (χ4v) is 2.53. The van der Waals surface area contributed by atoms with E-state index < -0.39 is 0 Å². The molecule has 1 aromatic rings. The summed E-state index contributed by atoms with van der Waals surface area (Å²) in [4.78, 5) is 0. The van der Waals surface area contributed by atoms with E-state index in [2.05, 4.69) is 17.5 Å². The highest BCUT2D eigenvalue weighted by atomic mass is 16.5. The van der Waals surface area contributed by atoms with Crippen LogP contribution in [0.2, 0.25) is 0 Å². The van der Waals surface area contributed by atoms with Crippen LogP contribution in [0, 0.1) is 17.2 Å². The van der Waals surface area contributed by atoms with E-state index in [0.29, 0.717) is 6.04 Å². The van der Waals surface area contributed by atoms with Gasteiger partial charge in [-0.3, -0.25) is 0 Å². The number of nitrogens with one attached hydrogen (secondary N) is 1. The second kappa shape index (κ2) is 6.47. The van der Waals surface area contributed by atoms with Gasteiger partial charge in [0.15, 0.2) is 0 Å². The molecule has 3 heteroatoms. The first-order chi connectivity index (χ1) is 9.19. The maximum Gasteiger partial charge on any atom is 0.142 e. The Labute approximate surface area is 115 Å². The normalized spacial score (nSPS) is 22.8. The van der Waals surface area contributed by atoms with Crippen LogP contribution in [0.25, 0.3) is 0 Å². The molecule has 0 aliphatic heterocycles. The van der Waals surface area contributed by atoms with Gasteiger partial charge in [-0.05, 0) is 51.7 Å². The summed E-state index contributed by atoms with van der Waals surface area (Å²) in [7, 11) is 0. The molecule has 0 atom stereocenters. The van der Waals surface area contributed by atoms with Crippen molar-refractivity contribution in [3.8, 4) is 11.8 Å². The SMILES string of the molecule is CC(C)Oc1ccccc1NC1CCC(C#N)CC1. The van der Waals surface area contributed by atoms with Gasteiger partial charge in [-0.2, -0.15) is 5.26 Å². The molecular formula is C16H22N2O. The van der Waals surface area contributed by atoms with Crippen LogP contribution in [0.4, 0.5) is 5.69 Å². The van der Waals surface area contributed by atoms with Crippen LogP contribution >= 0.6 is 0 Å². The molecule has 0 amide bonds. The zero-order valence-corrected chi connectivity index (χ0v) is 11.7. The molecule has 19 heavy (non-hydrogen) atoms. The predicted octanol–water partition coefficient (Wildman–Crippen LogP) is 3.97. The van der Waals surface area contributed by atoms with Gasteiger partial charge in [0.1, 0.15) is 5.75 Å². The lowest BCUT2D eigenvalue weighted by atomic mass is 9.87. The molecular weight excluding hydrogens is 236 g/mol. The van der Waals surface area contributed by atoms with E-state index >= 15 is 0 Å². The highest BCUT2D eigenvalue weighted by molar-refractivity contribution is 5.56. The monoisotopic (exact) mass is 258 g/mol. The summed E-state index contributed by atoms with van der Waals surface area (Å²) in [6.07, 6.45) is 4.31. The first kappa shape index (κ1) is 13.7. The maximum absolute atomic E-state index is 8.92. The topological polar surface area (TPSA) is 45.0 Å². The van der Waals surface area contributed by atoms with Gasteiger partial charge in [0.25, 0.3) is 0 Å². The number of anilines is 1. The Morgan fingerprint density at radius 3 is 2.53 bits per heavy atom. The average Bonchev–Trinajstić information content (AvgIpc) is 2.41. The van der Waals surface area contributed by atoms with Crippen molar-refractivity contribution in [3.05, 3.63) is 24.3 Å². The molecule has 0 spiro atoms. The Bertz CT molecular complexity index is 442. The lowest BCUT2D eigenvalue weighted by molar-refractivity contribution is 0.243. The maximum atomic E-state index is 8.92. The third-order valence-corrected chi connectivity index (χ3v) is 3.52. The number of nitrogens with zero attached hydrogens (tertiary/aromatic N) is 1. The molecule has 1 aliphatic carbocycles. The molecule has 102 valence electrons. The van der Waals surface area contributed by atoms with E-state index in [1.807, 2.05) is 32.0 Å². The van der Waals surface area contributed by atoms with Gasteiger partial charge in [0, 0.05) is 12.0 Å². The van der Waals surface area contributed by atoms with Crippen LogP contribution in [0.3, 0.4) is 0 Å². The van der Waals surface area contributed by atoms with E-state index in [4.69, 9.17) is 10.00 Å². The van der Waals surface area contributed by atoms with Crippen LogP contribution < -0.4 is 10.1 Å². The summed E-state index contributed by atoms with van der Waals surface area (Å²) < 4.78 is 5.81. The number of para-hydroxylation sites is 2. The van der Waals surface area contributed by atoms with Crippen LogP contribution in [0.15, 0.2) is 24.3 Å². The molecule has 1 N–H and O–H groups in total. The van der Waals surface area contributed by atoms with Crippen LogP contribution in [0.5, 0.6) is 5.75 Å². The van der Waals surface area contributed by atoms with Gasteiger partial charge in [0.05, 0.1) is 17.9 Å². The van der Waals surface area contributed by atoms with Crippen molar-refractivity contribution in [2.45, 2.75) is 51.7 Å². The number of nitriles is 1. The van der Waals surface area contributed by atoms with Crippen molar-refractivity contribution in [1.29, 1.82) is 5.26 Å². The molecule has 3 nitrogen and oxygen atoms in total. The summed E-state index contributed by atoms with van der Waals surface area (Å²) in [5, 5.41) is 12.5. The van der Waals surface area contributed by atoms with Crippen LogP contribution in [0.1, 0.15) is 39.5 Å². The van der Waals surface area contributed by atoms with Crippen LogP contribution in [-0.4, -0.2) is 12.1 Å². The second-order valence-corrected chi connectivity index (χ2v) is 5.48. The first-order valence-corrected chi connectivity index (χ1v) is 7.11. The first-order valence-electron chi connectivity index (χ1n) is 7.11. The lowest BCUT2D eigenvalue weighted by Gasteiger charge is -2.27. The Balaban J connectivity index is 1.98. The van der Waals surface area contributed by atoms with E-state index in [1.54, 1.807) is 0 Å². The molecule has 0 saturated heterocycles. The van der Waals surface area contributed by atoms with Gasteiger partial charge < -0.3 is 10.1 Å². The molecule has 0 radical (unpaired) electrons. The quantitative estimate of drug-likeness (QED) is 0.888. The van der Waals surface area contributed by atoms with Crippen molar-refractivity contribution in [3.63, 3.8) is 0 Å². The lowest BCUT2D eigenvalue weighted by Crippen LogP contribution is -2.26. The molecule has 1 fully saturated rings. The van der Waals surface area contributed by atoms with Crippen molar-refractivity contribution in [1.82, 2.24) is 0 Å². The van der Waals surface area contributed by atoms with Crippen molar-refractivity contribution < 1.29 is 4.74 Å². The zero-order valence-electron chi connectivity index (χ0n) is 11.7. The van der Waals surface area contributed by atoms with E-state index in [1.165, 1.54) is 0 Å². The summed E-state index contributed by atoms with van der Waals surface area (Å²) in [6, 6.07) is 10.9. The molecule has 1 aliphatic rings. The zero-order chi connectivity index (χ0) is 13.7. The van der Waals surface area contributed by atoms with Gasteiger partial charge >= 0.3 is 0 Å². The molecule has 0 bridgehead atoms. The van der Waals surface area contributed by atoms with Gasteiger partial charge in [-0.15, -0.1) is 0 Å². The fourth-order valence-electron chi connectivity index (χ4n) is 2.53. The summed E-state index contributed by atoms with van der Waals surface area (Å²) in [5.74, 6) is 1.17. The summed E-state index contributed by atoms with van der Waals surface area (Å²) >= 11 is 0. The standard InChI is InChI=1S/C16H22N2O/c1-12(2)19-16-6-4-3-5-15(16)18-14-9-7-13(11-17)8-10-14/h3-6,12-14,18H,7-10H2,1-2H3. The number of benzene rings is 1. The largest absolute Gasteiger partial charge is 0.489 e. The smallest absolute Gasteiger partial charge is 0.142 e. The Kier molecular flexibility index (Phi) is 4.68. The van der Waals surface area contributed by atoms with Gasteiger partial charge in [-0.25, -0.2) is 0 Å². The van der Waals surface area contributed by atoms with Crippen molar-refractivity contribution >= 4 is 5.69 Å². The van der Waals surface area contributed by atoms with Gasteiger partial charge in [0.2, 0.25) is 0 Å². The molecule has 2 rings (SSSR count). The third kappa shape index (κ3) is 3.89. The summed E-state index contributed by atoms with van der Waals surface area (Å²) in [6.45, 7) is 4.07. The minimum absolute atomic E-state index is 0.178. The second-order valence-electron chi connectivity index (χ2n) is 5.48. The number of hydrogen-bond donors (Lipinski definition) is 1. The fraction of sp³-hybridized carbons (Fsp3) is 0.562. The summed E-state index contributed by atoms with van der Waals surface area (Å²) in [5.41, 5.74) is 1.07. The Hall–Kier alpha value is -1.69. The molecule has 1 saturated carbocycles. The minimum atomic E-state index is 0.178. The molecule has 0 heterocycles. The Morgan fingerprint density at radius 2 is 1.89 bits per heavy atom. The number of hydrogen-bond acceptors (Lipinski definition) is 3. The van der Waals surface area contributed by atoms with E-state index in [-0.39, 0.29) is 12.0 Å². The highest BCUT2D eigenvalue weighted by Gasteiger charge is 2.21. The average molecular weight is 258 g/mol. The predicted molar refractivity (Wildman–Crippen MR) is 77.2 cm³/mol. The molecule has 0 unspecified atom stereocenters.